The van der Waals surface area contributed by atoms with Gasteiger partial charge in [0.25, 0.3) is 0 Å². The molecule has 2 fully saturated rings. The van der Waals surface area contributed by atoms with E-state index in [1.807, 2.05) is 18.4 Å². The second-order valence-electron chi connectivity index (χ2n) is 7.87. The van der Waals surface area contributed by atoms with Crippen LogP contribution in [-0.4, -0.2) is 62.1 Å². The van der Waals surface area contributed by atoms with Crippen molar-refractivity contribution < 1.29 is 0 Å². The van der Waals surface area contributed by atoms with Gasteiger partial charge in [0, 0.05) is 43.5 Å². The van der Waals surface area contributed by atoms with Crippen molar-refractivity contribution in [2.45, 2.75) is 38.5 Å². The predicted molar refractivity (Wildman–Crippen MR) is 104 cm³/mol. The van der Waals surface area contributed by atoms with Crippen LogP contribution in [0.3, 0.4) is 0 Å². The topological polar surface area (TPSA) is 30.9 Å². The molecule has 3 heterocycles. The SMILES string of the molecule is CN=C(NCC(C)(C)c1cccs1)N1CCC(CN2CCCC2)C1. The first kappa shape index (κ1) is 17.7. The van der Waals surface area contributed by atoms with Crippen LogP contribution in [0.2, 0.25) is 0 Å². The lowest BCUT2D eigenvalue weighted by Crippen LogP contribution is -2.45. The molecule has 1 N–H and O–H groups in total. The van der Waals surface area contributed by atoms with E-state index >= 15 is 0 Å². The minimum absolute atomic E-state index is 0.138. The van der Waals surface area contributed by atoms with Gasteiger partial charge in [-0.3, -0.25) is 4.99 Å². The molecule has 2 aliphatic heterocycles. The van der Waals surface area contributed by atoms with E-state index in [0.29, 0.717) is 0 Å². The first-order valence-corrected chi connectivity index (χ1v) is 10.2. The monoisotopic (exact) mass is 348 g/mol. The summed E-state index contributed by atoms with van der Waals surface area (Å²) in [5, 5.41) is 5.79. The van der Waals surface area contributed by atoms with E-state index in [4.69, 9.17) is 0 Å². The first-order valence-electron chi connectivity index (χ1n) is 9.30. The average Bonchev–Trinajstić information content (AvgIpc) is 3.31. The van der Waals surface area contributed by atoms with Gasteiger partial charge in [-0.25, -0.2) is 0 Å². The van der Waals surface area contributed by atoms with Crippen LogP contribution >= 0.6 is 11.3 Å². The molecule has 5 heteroatoms. The van der Waals surface area contributed by atoms with Crippen LogP contribution in [0.5, 0.6) is 0 Å². The number of thiophene rings is 1. The van der Waals surface area contributed by atoms with Crippen molar-refractivity contribution in [1.29, 1.82) is 0 Å². The van der Waals surface area contributed by atoms with E-state index < -0.39 is 0 Å². The third kappa shape index (κ3) is 4.31. The summed E-state index contributed by atoms with van der Waals surface area (Å²) in [7, 11) is 1.91. The van der Waals surface area contributed by atoms with Crippen molar-refractivity contribution in [3.05, 3.63) is 22.4 Å². The molecule has 3 rings (SSSR count). The number of nitrogens with one attached hydrogen (secondary N) is 1. The molecule has 2 aliphatic rings. The Morgan fingerprint density at radius 2 is 2.12 bits per heavy atom. The molecule has 1 aromatic rings. The molecule has 4 nitrogen and oxygen atoms in total. The quantitative estimate of drug-likeness (QED) is 0.655. The fraction of sp³-hybridized carbons (Fsp3) is 0.737. The van der Waals surface area contributed by atoms with Crippen LogP contribution in [0.4, 0.5) is 0 Å². The van der Waals surface area contributed by atoms with Crippen molar-refractivity contribution in [3.8, 4) is 0 Å². The molecule has 24 heavy (non-hydrogen) atoms. The van der Waals surface area contributed by atoms with E-state index in [-0.39, 0.29) is 5.41 Å². The molecule has 2 saturated heterocycles. The zero-order valence-electron chi connectivity index (χ0n) is 15.4. The third-order valence-corrected chi connectivity index (χ3v) is 6.62. The summed E-state index contributed by atoms with van der Waals surface area (Å²) in [4.78, 5) is 11.1. The molecule has 0 amide bonds. The van der Waals surface area contributed by atoms with Gasteiger partial charge in [-0.1, -0.05) is 19.9 Å². The first-order chi connectivity index (χ1) is 11.6. The largest absolute Gasteiger partial charge is 0.355 e. The Bertz CT molecular complexity index is 532. The molecule has 134 valence electrons. The van der Waals surface area contributed by atoms with Crippen LogP contribution < -0.4 is 5.32 Å². The normalized spacial score (nSPS) is 23.2. The van der Waals surface area contributed by atoms with Crippen molar-refractivity contribution in [2.75, 3.05) is 46.3 Å². The lowest BCUT2D eigenvalue weighted by atomic mass is 9.91. The molecule has 0 radical (unpaired) electrons. The Kier molecular flexibility index (Phi) is 5.82. The minimum atomic E-state index is 0.138. The minimum Gasteiger partial charge on any atom is -0.355 e. The third-order valence-electron chi connectivity index (χ3n) is 5.39. The molecule has 0 saturated carbocycles. The average molecular weight is 349 g/mol. The highest BCUT2D eigenvalue weighted by molar-refractivity contribution is 7.10. The summed E-state index contributed by atoms with van der Waals surface area (Å²) in [5.74, 6) is 1.87. The summed E-state index contributed by atoms with van der Waals surface area (Å²) in [6, 6.07) is 4.37. The lowest BCUT2D eigenvalue weighted by Gasteiger charge is -2.28. The molecule has 0 aliphatic carbocycles. The maximum atomic E-state index is 4.54. The van der Waals surface area contributed by atoms with Gasteiger partial charge in [0.05, 0.1) is 0 Å². The van der Waals surface area contributed by atoms with Gasteiger partial charge in [0.15, 0.2) is 5.96 Å². The Morgan fingerprint density at radius 1 is 1.33 bits per heavy atom. The van der Waals surface area contributed by atoms with Crippen LogP contribution in [0, 0.1) is 5.92 Å². The van der Waals surface area contributed by atoms with Gasteiger partial charge in [-0.05, 0) is 49.7 Å². The number of nitrogens with zero attached hydrogens (tertiary/aromatic N) is 3. The van der Waals surface area contributed by atoms with Gasteiger partial charge >= 0.3 is 0 Å². The van der Waals surface area contributed by atoms with E-state index in [9.17, 15) is 0 Å². The van der Waals surface area contributed by atoms with Crippen LogP contribution in [-0.2, 0) is 5.41 Å². The Hall–Kier alpha value is -1.07. The molecular formula is C19H32N4S. The van der Waals surface area contributed by atoms with E-state index in [1.54, 1.807) is 0 Å². The number of rotatable bonds is 5. The van der Waals surface area contributed by atoms with Crippen molar-refractivity contribution in [2.24, 2.45) is 10.9 Å². The number of hydrogen-bond donors (Lipinski definition) is 1. The standard InChI is InChI=1S/C19H32N4S/c1-19(2,17-7-6-12-24-17)15-21-18(20-3)23-11-8-16(14-23)13-22-9-4-5-10-22/h6-7,12,16H,4-5,8-11,13-15H2,1-3H3,(H,20,21). The summed E-state index contributed by atoms with van der Waals surface area (Å²) >= 11 is 1.84. The molecule has 1 aromatic heterocycles. The van der Waals surface area contributed by atoms with E-state index in [2.05, 4.69) is 51.5 Å². The van der Waals surface area contributed by atoms with Crippen molar-refractivity contribution in [1.82, 2.24) is 15.1 Å². The van der Waals surface area contributed by atoms with Crippen molar-refractivity contribution >= 4 is 17.3 Å². The van der Waals surface area contributed by atoms with Crippen molar-refractivity contribution in [3.63, 3.8) is 0 Å². The van der Waals surface area contributed by atoms with Crippen LogP contribution in [0.15, 0.2) is 22.5 Å². The van der Waals surface area contributed by atoms with E-state index in [0.717, 1.165) is 31.5 Å². The maximum absolute atomic E-state index is 4.54. The second-order valence-corrected chi connectivity index (χ2v) is 8.82. The highest BCUT2D eigenvalue weighted by Gasteiger charge is 2.28. The molecule has 0 spiro atoms. The van der Waals surface area contributed by atoms with Gasteiger partial charge in [0.1, 0.15) is 0 Å². The van der Waals surface area contributed by atoms with Gasteiger partial charge in [-0.15, -0.1) is 11.3 Å². The van der Waals surface area contributed by atoms with Gasteiger partial charge in [0.2, 0.25) is 0 Å². The summed E-state index contributed by atoms with van der Waals surface area (Å²) in [6.07, 6.45) is 4.07. The lowest BCUT2D eigenvalue weighted by molar-refractivity contribution is 0.281. The fourth-order valence-electron chi connectivity index (χ4n) is 3.89. The number of aliphatic imine (C=N–C) groups is 1. The molecule has 0 aromatic carbocycles. The second kappa shape index (κ2) is 7.87. The van der Waals surface area contributed by atoms with Crippen LogP contribution in [0.25, 0.3) is 0 Å². The fourth-order valence-corrected chi connectivity index (χ4v) is 4.74. The van der Waals surface area contributed by atoms with E-state index in [1.165, 1.54) is 43.8 Å². The molecule has 0 bridgehead atoms. The Balaban J connectivity index is 1.49. The highest BCUT2D eigenvalue weighted by Crippen LogP contribution is 2.27. The molecule has 1 atom stereocenters. The molecule has 1 unspecified atom stereocenters. The number of hydrogen-bond acceptors (Lipinski definition) is 3. The predicted octanol–water partition coefficient (Wildman–Crippen LogP) is 3.02. The zero-order chi connectivity index (χ0) is 17.0. The molecular weight excluding hydrogens is 316 g/mol. The highest BCUT2D eigenvalue weighted by atomic mass is 32.1. The van der Waals surface area contributed by atoms with Gasteiger partial charge < -0.3 is 15.1 Å². The van der Waals surface area contributed by atoms with Crippen LogP contribution in [0.1, 0.15) is 38.0 Å². The zero-order valence-corrected chi connectivity index (χ0v) is 16.2. The Labute approximate surface area is 150 Å². The number of guanidine groups is 1. The summed E-state index contributed by atoms with van der Waals surface area (Å²) < 4.78 is 0. The summed E-state index contributed by atoms with van der Waals surface area (Å²) in [6.45, 7) is 11.7. The maximum Gasteiger partial charge on any atom is 0.193 e. The smallest absolute Gasteiger partial charge is 0.193 e. The Morgan fingerprint density at radius 3 is 2.79 bits per heavy atom. The summed E-state index contributed by atoms with van der Waals surface area (Å²) in [5.41, 5.74) is 0.138. The van der Waals surface area contributed by atoms with Gasteiger partial charge in [-0.2, -0.15) is 0 Å². The number of likely N-dealkylation sites (tertiary alicyclic amines) is 2.